The first-order chi connectivity index (χ1) is 5.68. The van der Waals surface area contributed by atoms with Crippen molar-refractivity contribution in [3.05, 3.63) is 11.1 Å². The van der Waals surface area contributed by atoms with Gasteiger partial charge in [-0.1, -0.05) is 33.3 Å². The molecule has 0 aliphatic carbocycles. The Hall–Kier alpha value is -0.470. The molecule has 0 heterocycles. The molecular weight excluding hydrogens is 177 g/mol. The van der Waals surface area contributed by atoms with Crippen molar-refractivity contribution in [1.29, 1.82) is 0 Å². The van der Waals surface area contributed by atoms with Gasteiger partial charge in [-0.05, 0) is 18.8 Å². The lowest BCUT2D eigenvalue weighted by atomic mass is 9.88. The van der Waals surface area contributed by atoms with Crippen LogP contribution in [0, 0.1) is 11.8 Å². The molecule has 0 aliphatic heterocycles. The van der Waals surface area contributed by atoms with Gasteiger partial charge >= 0.3 is 6.18 Å². The van der Waals surface area contributed by atoms with E-state index >= 15 is 0 Å². The highest BCUT2D eigenvalue weighted by Crippen LogP contribution is 2.33. The minimum atomic E-state index is -4.18. The van der Waals surface area contributed by atoms with Gasteiger partial charge in [0.2, 0.25) is 0 Å². The first-order valence-corrected chi connectivity index (χ1v) is 4.45. The summed E-state index contributed by atoms with van der Waals surface area (Å²) in [5.74, 6) is -0.0803. The van der Waals surface area contributed by atoms with E-state index in [-0.39, 0.29) is 11.8 Å². The van der Waals surface area contributed by atoms with E-state index < -0.39 is 11.7 Å². The quantitative estimate of drug-likeness (QED) is 0.578. The van der Waals surface area contributed by atoms with E-state index in [4.69, 9.17) is 0 Å². The van der Waals surface area contributed by atoms with Gasteiger partial charge in [-0.25, -0.2) is 0 Å². The molecule has 0 atom stereocenters. The topological polar surface area (TPSA) is 0 Å². The predicted molar refractivity (Wildman–Crippen MR) is 48.4 cm³/mol. The second-order valence-electron chi connectivity index (χ2n) is 3.89. The van der Waals surface area contributed by atoms with Crippen molar-refractivity contribution in [2.45, 2.75) is 40.8 Å². The van der Waals surface area contributed by atoms with Crippen LogP contribution in [0.1, 0.15) is 34.6 Å². The smallest absolute Gasteiger partial charge is 0.166 e. The number of alkyl halides is 3. The molecule has 0 aromatic rings. The van der Waals surface area contributed by atoms with Gasteiger partial charge in [0.1, 0.15) is 0 Å². The third-order valence-corrected chi connectivity index (χ3v) is 2.10. The molecule has 0 aliphatic rings. The van der Waals surface area contributed by atoms with Crippen molar-refractivity contribution in [2.75, 3.05) is 0 Å². The Kier molecular flexibility index (Phi) is 4.01. The molecule has 0 saturated heterocycles. The van der Waals surface area contributed by atoms with Crippen LogP contribution in [0.25, 0.3) is 0 Å². The molecule has 0 spiro atoms. The molecule has 0 amide bonds. The minimum Gasteiger partial charge on any atom is -0.166 e. The maximum atomic E-state index is 12.4. The number of rotatable bonds is 2. The summed E-state index contributed by atoms with van der Waals surface area (Å²) in [4.78, 5) is 0. The standard InChI is InChI=1S/C10H17F3/c1-6(2)9(7(3)4)8(5)10(11,12)13/h6-7H,1-5H3. The lowest BCUT2D eigenvalue weighted by molar-refractivity contribution is -0.0930. The lowest BCUT2D eigenvalue weighted by Gasteiger charge is -2.21. The molecule has 0 unspecified atom stereocenters. The molecule has 13 heavy (non-hydrogen) atoms. The summed E-state index contributed by atoms with van der Waals surface area (Å²) in [6.07, 6.45) is -4.18. The Morgan fingerprint density at radius 1 is 0.923 bits per heavy atom. The Morgan fingerprint density at radius 2 is 1.23 bits per heavy atom. The van der Waals surface area contributed by atoms with Gasteiger partial charge in [0.15, 0.2) is 0 Å². The molecule has 0 saturated carbocycles. The van der Waals surface area contributed by atoms with Gasteiger partial charge in [-0.2, -0.15) is 13.2 Å². The summed E-state index contributed by atoms with van der Waals surface area (Å²) in [5.41, 5.74) is 0.0741. The molecule has 0 radical (unpaired) electrons. The van der Waals surface area contributed by atoms with Crippen molar-refractivity contribution in [2.24, 2.45) is 11.8 Å². The summed E-state index contributed by atoms with van der Waals surface area (Å²) >= 11 is 0. The SMILES string of the molecule is CC(=C(C(C)C)C(C)C)C(F)(F)F. The monoisotopic (exact) mass is 194 g/mol. The van der Waals surface area contributed by atoms with Crippen molar-refractivity contribution < 1.29 is 13.2 Å². The molecule has 0 aromatic heterocycles. The van der Waals surface area contributed by atoms with E-state index in [1.807, 2.05) is 0 Å². The van der Waals surface area contributed by atoms with Crippen LogP contribution in [0.2, 0.25) is 0 Å². The molecular formula is C10H17F3. The van der Waals surface area contributed by atoms with Crippen molar-refractivity contribution in [1.82, 2.24) is 0 Å². The predicted octanol–water partition coefficient (Wildman–Crippen LogP) is 4.18. The van der Waals surface area contributed by atoms with Crippen LogP contribution >= 0.6 is 0 Å². The second kappa shape index (κ2) is 4.16. The van der Waals surface area contributed by atoms with E-state index in [0.29, 0.717) is 5.57 Å². The van der Waals surface area contributed by atoms with Gasteiger partial charge in [-0.15, -0.1) is 0 Å². The zero-order chi connectivity index (χ0) is 10.8. The molecule has 0 fully saturated rings. The lowest BCUT2D eigenvalue weighted by Crippen LogP contribution is -2.16. The Morgan fingerprint density at radius 3 is 1.31 bits per heavy atom. The van der Waals surface area contributed by atoms with E-state index in [1.54, 1.807) is 27.7 Å². The van der Waals surface area contributed by atoms with Crippen molar-refractivity contribution in [3.63, 3.8) is 0 Å². The summed E-state index contributed by atoms with van der Waals surface area (Å²) in [7, 11) is 0. The van der Waals surface area contributed by atoms with E-state index in [0.717, 1.165) is 6.92 Å². The Balaban J connectivity index is 5.11. The fourth-order valence-electron chi connectivity index (χ4n) is 1.70. The molecule has 78 valence electrons. The average molecular weight is 194 g/mol. The van der Waals surface area contributed by atoms with Crippen LogP contribution in [-0.2, 0) is 0 Å². The summed E-state index contributed by atoms with van der Waals surface area (Å²) < 4.78 is 37.1. The highest BCUT2D eigenvalue weighted by Gasteiger charge is 2.33. The first kappa shape index (κ1) is 12.5. The fraction of sp³-hybridized carbons (Fsp3) is 0.800. The molecule has 0 aromatic carbocycles. The van der Waals surface area contributed by atoms with Crippen LogP contribution in [0.15, 0.2) is 11.1 Å². The zero-order valence-electron chi connectivity index (χ0n) is 8.79. The van der Waals surface area contributed by atoms with Gasteiger partial charge < -0.3 is 0 Å². The van der Waals surface area contributed by atoms with Gasteiger partial charge in [0.05, 0.1) is 0 Å². The van der Waals surface area contributed by atoms with Crippen LogP contribution in [0.4, 0.5) is 13.2 Å². The maximum absolute atomic E-state index is 12.4. The Labute approximate surface area is 77.8 Å². The zero-order valence-corrected chi connectivity index (χ0v) is 8.79. The van der Waals surface area contributed by atoms with Gasteiger partial charge in [0, 0.05) is 5.57 Å². The fourth-order valence-corrected chi connectivity index (χ4v) is 1.70. The average Bonchev–Trinajstić information content (AvgIpc) is 1.82. The van der Waals surface area contributed by atoms with Crippen LogP contribution in [-0.4, -0.2) is 6.18 Å². The first-order valence-electron chi connectivity index (χ1n) is 4.45. The molecule has 0 bridgehead atoms. The third kappa shape index (κ3) is 3.41. The van der Waals surface area contributed by atoms with Crippen LogP contribution < -0.4 is 0 Å². The highest BCUT2D eigenvalue weighted by molar-refractivity contribution is 5.20. The van der Waals surface area contributed by atoms with Crippen LogP contribution in [0.3, 0.4) is 0 Å². The number of hydrogen-bond donors (Lipinski definition) is 0. The molecule has 0 N–H and O–H groups in total. The maximum Gasteiger partial charge on any atom is 0.412 e. The van der Waals surface area contributed by atoms with Gasteiger partial charge in [0.25, 0.3) is 0 Å². The molecule has 3 heteroatoms. The summed E-state index contributed by atoms with van der Waals surface area (Å²) in [6, 6.07) is 0. The van der Waals surface area contributed by atoms with E-state index in [1.165, 1.54) is 0 Å². The third-order valence-electron chi connectivity index (χ3n) is 2.10. The van der Waals surface area contributed by atoms with E-state index in [2.05, 4.69) is 0 Å². The number of halogens is 3. The van der Waals surface area contributed by atoms with E-state index in [9.17, 15) is 13.2 Å². The molecule has 0 rings (SSSR count). The normalized spacial score (nSPS) is 12.5. The number of allylic oxidation sites excluding steroid dienone is 2. The summed E-state index contributed by atoms with van der Waals surface area (Å²) in [6.45, 7) is 8.35. The van der Waals surface area contributed by atoms with Crippen LogP contribution in [0.5, 0.6) is 0 Å². The summed E-state index contributed by atoms with van der Waals surface area (Å²) in [5, 5.41) is 0. The van der Waals surface area contributed by atoms with Crippen molar-refractivity contribution >= 4 is 0 Å². The minimum absolute atomic E-state index is 0.0402. The largest absolute Gasteiger partial charge is 0.412 e. The molecule has 0 nitrogen and oxygen atoms in total. The Bertz CT molecular complexity index is 187. The van der Waals surface area contributed by atoms with Gasteiger partial charge in [-0.3, -0.25) is 0 Å². The van der Waals surface area contributed by atoms with Crippen molar-refractivity contribution in [3.8, 4) is 0 Å². The highest BCUT2D eigenvalue weighted by atomic mass is 19.4. The second-order valence-corrected chi connectivity index (χ2v) is 3.89. The number of hydrogen-bond acceptors (Lipinski definition) is 0.